The van der Waals surface area contributed by atoms with Gasteiger partial charge < -0.3 is 29.4 Å². The molecule has 0 spiro atoms. The number of benzene rings is 3. The van der Waals surface area contributed by atoms with Crippen LogP contribution in [0.2, 0.25) is 0 Å². The maximum atomic E-state index is 13.7. The van der Waals surface area contributed by atoms with Crippen molar-refractivity contribution in [3.05, 3.63) is 71.4 Å². The van der Waals surface area contributed by atoms with Gasteiger partial charge in [0.25, 0.3) is 0 Å². The molecule has 2 N–H and O–H groups in total. The van der Waals surface area contributed by atoms with Gasteiger partial charge in [-0.3, -0.25) is 4.79 Å². The van der Waals surface area contributed by atoms with Gasteiger partial charge in [0.1, 0.15) is 5.75 Å². The van der Waals surface area contributed by atoms with E-state index in [9.17, 15) is 4.79 Å². The van der Waals surface area contributed by atoms with Gasteiger partial charge in [-0.1, -0.05) is 12.1 Å². The smallest absolute Gasteiger partial charge is 0.231 e. The maximum absolute atomic E-state index is 13.7. The summed E-state index contributed by atoms with van der Waals surface area (Å²) < 4.78 is 30.1. The molecule has 1 aromatic heterocycles. The lowest BCUT2D eigenvalue weighted by Gasteiger charge is -2.23. The number of Topliss-reactive ketones (excluding diaryl/α,β-unsaturated/α-hetero) is 1. The SMILES string of the molecule is COc1ccc(CC(=O)C(N)c2c3[n+](cc4c(OC)c(OC)ccc24)CCc2cc4c(cc2-3)OCO4)cc1. The van der Waals surface area contributed by atoms with Gasteiger partial charge in [0.15, 0.2) is 41.5 Å². The molecule has 0 saturated heterocycles. The summed E-state index contributed by atoms with van der Waals surface area (Å²) in [6.07, 6.45) is 3.06. The van der Waals surface area contributed by atoms with Crippen molar-refractivity contribution in [1.29, 1.82) is 0 Å². The quantitative estimate of drug-likeness (QED) is 0.375. The molecule has 2 aliphatic rings. The average molecular weight is 514 g/mol. The fourth-order valence-electron chi connectivity index (χ4n) is 5.48. The molecule has 194 valence electrons. The fraction of sp³-hybridized carbons (Fsp3) is 0.267. The number of methoxy groups -OCH3 is 3. The molecule has 38 heavy (non-hydrogen) atoms. The van der Waals surface area contributed by atoms with Crippen molar-refractivity contribution in [2.24, 2.45) is 5.73 Å². The van der Waals surface area contributed by atoms with Gasteiger partial charge in [-0.2, -0.15) is 4.57 Å². The molecule has 0 fully saturated rings. The molecule has 3 heterocycles. The molecular formula is C30H29N2O6+. The number of carbonyl (C=O) groups excluding carboxylic acids is 1. The van der Waals surface area contributed by atoms with Gasteiger partial charge in [-0.05, 0) is 47.5 Å². The number of nitrogens with two attached hydrogens (primary N) is 1. The minimum absolute atomic E-state index is 0.0897. The Kier molecular flexibility index (Phi) is 6.04. The Hall–Kier alpha value is -4.30. The minimum atomic E-state index is -0.878. The largest absolute Gasteiger partial charge is 0.497 e. The van der Waals surface area contributed by atoms with Gasteiger partial charge in [-0.25, -0.2) is 0 Å². The van der Waals surface area contributed by atoms with Crippen LogP contribution in [-0.4, -0.2) is 33.9 Å². The number of aromatic nitrogens is 1. The molecular weight excluding hydrogens is 484 g/mol. The third-order valence-electron chi connectivity index (χ3n) is 7.37. The van der Waals surface area contributed by atoms with E-state index in [-0.39, 0.29) is 19.0 Å². The molecule has 0 radical (unpaired) electrons. The maximum Gasteiger partial charge on any atom is 0.231 e. The van der Waals surface area contributed by atoms with E-state index in [0.29, 0.717) is 23.8 Å². The second kappa shape index (κ2) is 9.54. The van der Waals surface area contributed by atoms with E-state index >= 15 is 0 Å². The molecule has 1 atom stereocenters. The highest BCUT2D eigenvalue weighted by atomic mass is 16.7. The molecule has 0 aliphatic carbocycles. The molecule has 0 amide bonds. The number of aryl methyl sites for hydroxylation is 2. The molecule has 0 saturated carbocycles. The summed E-state index contributed by atoms with van der Waals surface area (Å²) in [7, 11) is 4.84. The number of hydrogen-bond donors (Lipinski definition) is 1. The molecule has 2 aliphatic heterocycles. The molecule has 4 aromatic rings. The van der Waals surface area contributed by atoms with Crippen LogP contribution in [0.1, 0.15) is 22.7 Å². The molecule has 8 nitrogen and oxygen atoms in total. The monoisotopic (exact) mass is 513 g/mol. The van der Waals surface area contributed by atoms with Crippen molar-refractivity contribution >= 4 is 16.6 Å². The Bertz CT molecular complexity index is 1560. The van der Waals surface area contributed by atoms with E-state index in [0.717, 1.165) is 56.6 Å². The Labute approximate surface area is 220 Å². The first-order chi connectivity index (χ1) is 18.5. The summed E-state index contributed by atoms with van der Waals surface area (Å²) in [5, 5.41) is 1.68. The Morgan fingerprint density at radius 1 is 0.974 bits per heavy atom. The van der Waals surface area contributed by atoms with Crippen molar-refractivity contribution in [1.82, 2.24) is 0 Å². The zero-order valence-corrected chi connectivity index (χ0v) is 21.6. The summed E-state index contributed by atoms with van der Waals surface area (Å²) in [6, 6.07) is 14.4. The Balaban J connectivity index is 1.55. The summed E-state index contributed by atoms with van der Waals surface area (Å²) in [4.78, 5) is 13.7. The minimum Gasteiger partial charge on any atom is -0.497 e. The van der Waals surface area contributed by atoms with Crippen LogP contribution >= 0.6 is 0 Å². The third-order valence-corrected chi connectivity index (χ3v) is 7.37. The molecule has 1 unspecified atom stereocenters. The van der Waals surface area contributed by atoms with Crippen LogP contribution in [0.5, 0.6) is 28.7 Å². The average Bonchev–Trinajstić information content (AvgIpc) is 3.41. The number of rotatable bonds is 7. The van der Waals surface area contributed by atoms with Crippen molar-refractivity contribution < 1.29 is 33.0 Å². The second-order valence-corrected chi connectivity index (χ2v) is 9.43. The highest BCUT2D eigenvalue weighted by molar-refractivity contribution is 6.00. The van der Waals surface area contributed by atoms with Crippen molar-refractivity contribution in [3.63, 3.8) is 0 Å². The molecule has 8 heteroatoms. The summed E-state index contributed by atoms with van der Waals surface area (Å²) in [6.45, 7) is 0.907. The van der Waals surface area contributed by atoms with Gasteiger partial charge in [0.05, 0.1) is 43.9 Å². The van der Waals surface area contributed by atoms with Crippen LogP contribution < -0.4 is 34.0 Å². The lowest BCUT2D eigenvalue weighted by atomic mass is 9.86. The van der Waals surface area contributed by atoms with Crippen LogP contribution in [0, 0.1) is 0 Å². The van der Waals surface area contributed by atoms with E-state index < -0.39 is 6.04 Å². The van der Waals surface area contributed by atoms with Crippen LogP contribution in [0.4, 0.5) is 0 Å². The van der Waals surface area contributed by atoms with E-state index in [1.807, 2.05) is 48.5 Å². The van der Waals surface area contributed by atoms with E-state index in [1.165, 1.54) is 0 Å². The Morgan fingerprint density at radius 2 is 1.74 bits per heavy atom. The molecule has 0 bridgehead atoms. The molecule has 3 aromatic carbocycles. The van der Waals surface area contributed by atoms with E-state index in [4.69, 9.17) is 29.4 Å². The summed E-state index contributed by atoms with van der Waals surface area (Å²) >= 11 is 0. The number of ketones is 1. The van der Waals surface area contributed by atoms with Crippen LogP contribution in [0.25, 0.3) is 22.0 Å². The van der Waals surface area contributed by atoms with Crippen molar-refractivity contribution in [3.8, 4) is 40.0 Å². The van der Waals surface area contributed by atoms with Crippen LogP contribution in [0.15, 0.2) is 54.7 Å². The number of carbonyl (C=O) groups is 1. The standard InChI is InChI=1S/C30H29N2O6/c1-34-19-6-4-17(5-7-19)12-23(33)28(31)27-20-8-9-24(35-2)30(36-3)22(20)15-32-11-10-18-13-25-26(38-16-37-25)14-21(18)29(27)32/h4-9,13-15,28H,10-12,16,31H2,1-3H3/q+1. The first kappa shape index (κ1) is 24.1. The van der Waals surface area contributed by atoms with Crippen molar-refractivity contribution in [2.45, 2.75) is 25.4 Å². The predicted molar refractivity (Wildman–Crippen MR) is 141 cm³/mol. The summed E-state index contributed by atoms with van der Waals surface area (Å²) in [5.41, 5.74) is 11.5. The Morgan fingerprint density at radius 3 is 2.45 bits per heavy atom. The zero-order valence-electron chi connectivity index (χ0n) is 21.6. The van der Waals surface area contributed by atoms with Crippen LogP contribution in [0.3, 0.4) is 0 Å². The van der Waals surface area contributed by atoms with Crippen LogP contribution in [-0.2, 0) is 24.2 Å². The van der Waals surface area contributed by atoms with Gasteiger partial charge >= 0.3 is 0 Å². The topological polar surface area (TPSA) is 93.1 Å². The number of nitrogens with zero attached hydrogens (tertiary/aromatic N) is 1. The van der Waals surface area contributed by atoms with E-state index in [1.54, 1.807) is 21.3 Å². The predicted octanol–water partition coefficient (Wildman–Crippen LogP) is 3.92. The van der Waals surface area contributed by atoms with Gasteiger partial charge in [0, 0.05) is 18.2 Å². The van der Waals surface area contributed by atoms with E-state index in [2.05, 4.69) is 10.8 Å². The molecule has 6 rings (SSSR count). The number of hydrogen-bond acceptors (Lipinski definition) is 7. The second-order valence-electron chi connectivity index (χ2n) is 9.43. The lowest BCUT2D eigenvalue weighted by Crippen LogP contribution is -2.42. The number of fused-ring (bicyclic) bond motifs is 5. The normalized spacial score (nSPS) is 14.0. The lowest BCUT2D eigenvalue weighted by molar-refractivity contribution is -0.686. The first-order valence-electron chi connectivity index (χ1n) is 12.5. The van der Waals surface area contributed by atoms with Crippen molar-refractivity contribution in [2.75, 3.05) is 28.1 Å². The van der Waals surface area contributed by atoms with Gasteiger partial charge in [-0.15, -0.1) is 0 Å². The zero-order chi connectivity index (χ0) is 26.4. The first-order valence-corrected chi connectivity index (χ1v) is 12.5. The highest BCUT2D eigenvalue weighted by Gasteiger charge is 2.36. The highest BCUT2D eigenvalue weighted by Crippen LogP contribution is 2.45. The summed E-state index contributed by atoms with van der Waals surface area (Å²) in [5.74, 6) is 3.30. The number of pyridine rings is 1. The third kappa shape index (κ3) is 3.88. The number of ether oxygens (including phenoxy) is 5. The fourth-order valence-corrected chi connectivity index (χ4v) is 5.48. The van der Waals surface area contributed by atoms with Gasteiger partial charge in [0.2, 0.25) is 12.5 Å².